The normalized spacial score (nSPS) is 38.8. The molecule has 8 atom stereocenters. The van der Waals surface area contributed by atoms with E-state index in [1.165, 1.54) is 0 Å². The van der Waals surface area contributed by atoms with Crippen molar-refractivity contribution in [3.8, 4) is 0 Å². The van der Waals surface area contributed by atoms with Crippen LogP contribution in [-0.4, -0.2) is 83.0 Å². The Kier molecular flexibility index (Phi) is 8.20. The van der Waals surface area contributed by atoms with Crippen molar-refractivity contribution in [2.45, 2.75) is 82.8 Å². The first-order valence-electron chi connectivity index (χ1n) is 9.28. The summed E-state index contributed by atoms with van der Waals surface area (Å²) in [7, 11) is -6.12. The molecule has 2 saturated heterocycles. The molecule has 0 aromatic heterocycles. The maximum atomic E-state index is 10.5. The first-order chi connectivity index (χ1) is 12.4. The quantitative estimate of drug-likeness (QED) is 0.479. The Morgan fingerprint density at radius 2 is 1.56 bits per heavy atom. The van der Waals surface area contributed by atoms with E-state index >= 15 is 0 Å². The maximum absolute atomic E-state index is 10.5. The van der Waals surface area contributed by atoms with Crippen LogP contribution >= 0.6 is 14.9 Å². The Balaban J connectivity index is 1.88. The van der Waals surface area contributed by atoms with Gasteiger partial charge in [0.2, 0.25) is 7.57 Å². The topological polar surface area (TPSA) is 107 Å². The third-order valence-electron chi connectivity index (χ3n) is 4.81. The first-order valence-corrected chi connectivity index (χ1v) is 13.0. The van der Waals surface area contributed by atoms with Gasteiger partial charge in [0, 0.05) is 18.5 Å². The average molecular weight is 428 g/mol. The van der Waals surface area contributed by atoms with Crippen LogP contribution in [0.2, 0.25) is 0 Å². The summed E-state index contributed by atoms with van der Waals surface area (Å²) in [5.41, 5.74) is -0.0865. The fourth-order valence-electron chi connectivity index (χ4n) is 3.05. The molecule has 0 aromatic rings. The van der Waals surface area contributed by atoms with E-state index in [0.717, 1.165) is 0 Å². The zero-order valence-electron chi connectivity index (χ0n) is 16.6. The summed E-state index contributed by atoms with van der Waals surface area (Å²) in [6.45, 7) is 7.58. The summed E-state index contributed by atoms with van der Waals surface area (Å²) in [5, 5.41) is 9.91. The van der Waals surface area contributed by atoms with Crippen molar-refractivity contribution in [3.05, 3.63) is 0 Å². The van der Waals surface area contributed by atoms with E-state index in [0.29, 0.717) is 12.8 Å². The molecule has 2 aliphatic rings. The van der Waals surface area contributed by atoms with Crippen LogP contribution in [0, 0.1) is 0 Å². The molecule has 27 heavy (non-hydrogen) atoms. The van der Waals surface area contributed by atoms with E-state index in [2.05, 4.69) is 12.6 Å². The summed E-state index contributed by atoms with van der Waals surface area (Å²) in [6, 6.07) is 0. The second-order valence-corrected chi connectivity index (χ2v) is 12.3. The predicted molar refractivity (Wildman–Crippen MR) is 108 cm³/mol. The Hall–Kier alpha value is 0.280. The molecule has 0 spiro atoms. The molecule has 0 bridgehead atoms. The Bertz CT molecular complexity index is 583. The van der Waals surface area contributed by atoms with E-state index in [1.807, 2.05) is 27.7 Å². The lowest BCUT2D eigenvalue weighted by Gasteiger charge is -2.28. The lowest BCUT2D eigenvalue weighted by atomic mass is 10.1. The van der Waals surface area contributed by atoms with Crippen LogP contribution in [0.3, 0.4) is 0 Å². The van der Waals surface area contributed by atoms with Crippen molar-refractivity contribution < 1.29 is 37.9 Å². The van der Waals surface area contributed by atoms with E-state index < -0.39 is 39.3 Å². The van der Waals surface area contributed by atoms with Gasteiger partial charge in [-0.05, 0) is 20.1 Å². The number of ether oxygens (including phenoxy) is 2. The molecule has 8 nitrogen and oxygen atoms in total. The molecule has 0 saturated carbocycles. The molecular formula is C17H34O8P2. The van der Waals surface area contributed by atoms with Gasteiger partial charge in [0.15, 0.2) is 0 Å². The highest BCUT2D eigenvalue weighted by Crippen LogP contribution is 2.49. The fourth-order valence-corrected chi connectivity index (χ4v) is 4.84. The van der Waals surface area contributed by atoms with Crippen molar-refractivity contribution in [2.75, 3.05) is 13.2 Å². The van der Waals surface area contributed by atoms with Crippen molar-refractivity contribution in [2.24, 2.45) is 0 Å². The summed E-state index contributed by atoms with van der Waals surface area (Å²) >= 11 is 0. The van der Waals surface area contributed by atoms with E-state index in [1.54, 1.807) is 0 Å². The van der Waals surface area contributed by atoms with Gasteiger partial charge in [0.1, 0.15) is 19.5 Å². The second-order valence-electron chi connectivity index (χ2n) is 7.73. The number of hydrogen-bond acceptors (Lipinski definition) is 8. The second kappa shape index (κ2) is 9.40. The highest BCUT2D eigenvalue weighted by Gasteiger charge is 2.39. The molecule has 160 valence electrons. The van der Waals surface area contributed by atoms with Gasteiger partial charge in [0.05, 0.1) is 37.6 Å². The van der Waals surface area contributed by atoms with Crippen molar-refractivity contribution in [3.63, 3.8) is 0 Å². The Morgan fingerprint density at radius 1 is 1.00 bits per heavy atom. The Labute approximate surface area is 162 Å². The summed E-state index contributed by atoms with van der Waals surface area (Å²) < 4.78 is 28.1. The number of hydrogen-bond donors (Lipinski definition) is 3. The maximum Gasteiger partial charge on any atom is 0.248 e. The van der Waals surface area contributed by atoms with Crippen LogP contribution in [-0.2, 0) is 23.0 Å². The van der Waals surface area contributed by atoms with Crippen LogP contribution in [0.5, 0.6) is 0 Å². The molecule has 2 heterocycles. The number of aliphatic hydroxyl groups excluding tert-OH is 1. The van der Waals surface area contributed by atoms with E-state index in [9.17, 15) is 14.9 Å². The molecule has 0 aliphatic carbocycles. The van der Waals surface area contributed by atoms with Gasteiger partial charge in [-0.25, -0.2) is 0 Å². The SMILES string of the molecule is C=P(O)(OCC1OC(C)CC1O)OC1CC(C)OC1COP(=C)(O)C(C)C. The van der Waals surface area contributed by atoms with Crippen LogP contribution in [0.25, 0.3) is 0 Å². The van der Waals surface area contributed by atoms with Gasteiger partial charge < -0.3 is 37.9 Å². The van der Waals surface area contributed by atoms with Crippen molar-refractivity contribution in [1.29, 1.82) is 0 Å². The van der Waals surface area contributed by atoms with E-state index in [-0.39, 0.29) is 31.1 Å². The predicted octanol–water partition coefficient (Wildman–Crippen LogP) is 1.99. The smallest absolute Gasteiger partial charge is 0.248 e. The van der Waals surface area contributed by atoms with Gasteiger partial charge in [-0.3, -0.25) is 0 Å². The molecule has 3 N–H and O–H groups in total. The average Bonchev–Trinajstić information content (AvgIpc) is 3.04. The molecule has 2 fully saturated rings. The minimum atomic E-state index is -3.38. The zero-order chi connectivity index (χ0) is 20.4. The van der Waals surface area contributed by atoms with Crippen LogP contribution < -0.4 is 0 Å². The molecule has 0 aromatic carbocycles. The highest BCUT2D eigenvalue weighted by atomic mass is 31.2. The minimum absolute atomic E-state index is 0.00108. The van der Waals surface area contributed by atoms with Gasteiger partial charge in [-0.1, -0.05) is 20.1 Å². The van der Waals surface area contributed by atoms with Gasteiger partial charge in [-0.2, -0.15) is 0 Å². The number of rotatable bonds is 9. The summed E-state index contributed by atoms with van der Waals surface area (Å²) in [4.78, 5) is 20.7. The van der Waals surface area contributed by atoms with Gasteiger partial charge in [-0.15, -0.1) is 0 Å². The van der Waals surface area contributed by atoms with Crippen molar-refractivity contribution in [1.82, 2.24) is 0 Å². The first kappa shape index (κ1) is 23.6. The van der Waals surface area contributed by atoms with Crippen molar-refractivity contribution >= 4 is 27.5 Å². The minimum Gasteiger partial charge on any atom is -0.390 e. The molecule has 8 unspecified atom stereocenters. The Morgan fingerprint density at radius 3 is 2.11 bits per heavy atom. The fraction of sp³-hybridized carbons (Fsp3) is 0.882. The third kappa shape index (κ3) is 6.93. The summed E-state index contributed by atoms with van der Waals surface area (Å²) in [5.74, 6) is 0. The van der Waals surface area contributed by atoms with Crippen LogP contribution in [0.15, 0.2) is 0 Å². The van der Waals surface area contributed by atoms with Gasteiger partial charge in [0.25, 0.3) is 0 Å². The standard InChI is InChI=1S/C17H34O8P2/c1-11(2)26(5,19)21-10-17-15(8-13(4)24-17)25-27(6,20)22-9-16-14(18)7-12(3)23-16/h11-20H,5-10H2,1-4H3. The lowest BCUT2D eigenvalue weighted by molar-refractivity contribution is -0.0260. The molecular weight excluding hydrogens is 394 g/mol. The molecule has 0 radical (unpaired) electrons. The molecule has 0 amide bonds. The van der Waals surface area contributed by atoms with Gasteiger partial charge >= 0.3 is 0 Å². The molecule has 10 heteroatoms. The molecule has 2 rings (SSSR count). The lowest BCUT2D eigenvalue weighted by Crippen LogP contribution is -2.30. The highest BCUT2D eigenvalue weighted by molar-refractivity contribution is 7.64. The third-order valence-corrected chi connectivity index (χ3v) is 8.17. The number of aliphatic hydroxyl groups is 1. The zero-order valence-corrected chi connectivity index (χ0v) is 18.4. The molecule has 2 aliphatic heterocycles. The van der Waals surface area contributed by atoms with Crippen LogP contribution in [0.1, 0.15) is 40.5 Å². The van der Waals surface area contributed by atoms with E-state index in [4.69, 9.17) is 23.0 Å². The monoisotopic (exact) mass is 428 g/mol. The van der Waals surface area contributed by atoms with Crippen LogP contribution in [0.4, 0.5) is 0 Å². The largest absolute Gasteiger partial charge is 0.390 e. The summed E-state index contributed by atoms with van der Waals surface area (Å²) in [6.07, 6.45) is 6.30.